The number of nitriles is 1. The van der Waals surface area contributed by atoms with E-state index in [4.69, 9.17) is 21.6 Å². The summed E-state index contributed by atoms with van der Waals surface area (Å²) in [7, 11) is 0. The Labute approximate surface area is 96.6 Å². The SMILES string of the molecule is CC(C#N)Oc1ccc(CBr)cc1Cl. The van der Waals surface area contributed by atoms with Crippen molar-refractivity contribution in [3.05, 3.63) is 28.8 Å². The van der Waals surface area contributed by atoms with Crippen LogP contribution in [0.1, 0.15) is 12.5 Å². The molecule has 0 radical (unpaired) electrons. The number of alkyl halides is 1. The van der Waals surface area contributed by atoms with Gasteiger partial charge in [-0.2, -0.15) is 5.26 Å². The molecule has 0 bridgehead atoms. The summed E-state index contributed by atoms with van der Waals surface area (Å²) in [5.74, 6) is 0.547. The molecule has 0 fully saturated rings. The van der Waals surface area contributed by atoms with Crippen LogP contribution < -0.4 is 4.74 Å². The van der Waals surface area contributed by atoms with Gasteiger partial charge in [0.05, 0.1) is 5.02 Å². The Morgan fingerprint density at radius 3 is 2.86 bits per heavy atom. The van der Waals surface area contributed by atoms with Crippen molar-refractivity contribution in [2.75, 3.05) is 0 Å². The van der Waals surface area contributed by atoms with Crippen molar-refractivity contribution >= 4 is 27.5 Å². The lowest BCUT2D eigenvalue weighted by atomic mass is 10.2. The molecule has 14 heavy (non-hydrogen) atoms. The van der Waals surface area contributed by atoms with Crippen LogP contribution in [0, 0.1) is 11.3 Å². The number of nitrogens with zero attached hydrogens (tertiary/aromatic N) is 1. The van der Waals surface area contributed by atoms with Gasteiger partial charge in [0.15, 0.2) is 6.10 Å². The van der Waals surface area contributed by atoms with Crippen molar-refractivity contribution in [1.29, 1.82) is 5.26 Å². The first-order chi connectivity index (χ1) is 6.67. The third-order valence-corrected chi connectivity index (χ3v) is 2.58. The molecular weight excluding hydrogens is 265 g/mol. The number of rotatable bonds is 3. The van der Waals surface area contributed by atoms with Crippen molar-refractivity contribution in [3.63, 3.8) is 0 Å². The molecular formula is C10H9BrClNO. The first kappa shape index (κ1) is 11.4. The minimum atomic E-state index is -0.484. The highest BCUT2D eigenvalue weighted by Crippen LogP contribution is 2.27. The maximum Gasteiger partial charge on any atom is 0.181 e. The van der Waals surface area contributed by atoms with Crippen LogP contribution in [0.2, 0.25) is 5.02 Å². The summed E-state index contributed by atoms with van der Waals surface area (Å²) in [6, 6.07) is 7.47. The Balaban J connectivity index is 2.85. The summed E-state index contributed by atoms with van der Waals surface area (Å²) >= 11 is 9.28. The van der Waals surface area contributed by atoms with Gasteiger partial charge in [0, 0.05) is 5.33 Å². The van der Waals surface area contributed by atoms with Crippen LogP contribution in [-0.2, 0) is 5.33 Å². The molecule has 4 heteroatoms. The van der Waals surface area contributed by atoms with E-state index < -0.39 is 6.10 Å². The molecule has 0 amide bonds. The molecule has 74 valence electrons. The van der Waals surface area contributed by atoms with E-state index in [0.29, 0.717) is 10.8 Å². The van der Waals surface area contributed by atoms with Crippen molar-refractivity contribution in [1.82, 2.24) is 0 Å². The van der Waals surface area contributed by atoms with E-state index in [1.165, 1.54) is 0 Å². The maximum absolute atomic E-state index is 8.56. The lowest BCUT2D eigenvalue weighted by Crippen LogP contribution is -2.08. The minimum Gasteiger partial charge on any atom is -0.474 e. The second-order valence-electron chi connectivity index (χ2n) is 2.79. The zero-order valence-corrected chi connectivity index (χ0v) is 9.97. The lowest BCUT2D eigenvalue weighted by Gasteiger charge is -2.09. The predicted octanol–water partition coefficient (Wildman–Crippen LogP) is 3.53. The smallest absolute Gasteiger partial charge is 0.181 e. The summed E-state index contributed by atoms with van der Waals surface area (Å²) in [5.41, 5.74) is 1.08. The topological polar surface area (TPSA) is 33.0 Å². The molecule has 1 rings (SSSR count). The van der Waals surface area contributed by atoms with E-state index in [-0.39, 0.29) is 0 Å². The Morgan fingerprint density at radius 2 is 2.36 bits per heavy atom. The molecule has 0 heterocycles. The van der Waals surface area contributed by atoms with Crippen LogP contribution in [0.3, 0.4) is 0 Å². The first-order valence-corrected chi connectivity index (χ1v) is 5.58. The molecule has 2 nitrogen and oxygen atoms in total. The number of halogens is 2. The van der Waals surface area contributed by atoms with Gasteiger partial charge in [-0.3, -0.25) is 0 Å². The summed E-state index contributed by atoms with van der Waals surface area (Å²) in [6.45, 7) is 1.68. The fraction of sp³-hybridized carbons (Fsp3) is 0.300. The van der Waals surface area contributed by atoms with Crippen LogP contribution >= 0.6 is 27.5 Å². The van der Waals surface area contributed by atoms with Gasteiger partial charge < -0.3 is 4.74 Å². The quantitative estimate of drug-likeness (QED) is 0.790. The second kappa shape index (κ2) is 5.23. The molecule has 1 atom stereocenters. The highest BCUT2D eigenvalue weighted by Gasteiger charge is 2.06. The fourth-order valence-corrected chi connectivity index (χ4v) is 1.54. The Bertz CT molecular complexity index is 362. The van der Waals surface area contributed by atoms with Gasteiger partial charge in [-0.25, -0.2) is 0 Å². The van der Waals surface area contributed by atoms with Crippen molar-refractivity contribution in [2.24, 2.45) is 0 Å². The molecule has 0 N–H and O–H groups in total. The Kier molecular flexibility index (Phi) is 4.24. The van der Waals surface area contributed by atoms with Gasteiger partial charge in [-0.1, -0.05) is 33.6 Å². The zero-order chi connectivity index (χ0) is 10.6. The molecule has 0 saturated heterocycles. The Hall–Kier alpha value is -0.720. The van der Waals surface area contributed by atoms with E-state index in [9.17, 15) is 0 Å². The van der Waals surface area contributed by atoms with E-state index in [1.54, 1.807) is 13.0 Å². The predicted molar refractivity (Wildman–Crippen MR) is 59.8 cm³/mol. The van der Waals surface area contributed by atoms with Crippen LogP contribution in [0.25, 0.3) is 0 Å². The van der Waals surface area contributed by atoms with E-state index >= 15 is 0 Å². The van der Waals surface area contributed by atoms with Crippen LogP contribution in [0.4, 0.5) is 0 Å². The van der Waals surface area contributed by atoms with Crippen molar-refractivity contribution < 1.29 is 4.74 Å². The second-order valence-corrected chi connectivity index (χ2v) is 3.76. The minimum absolute atomic E-state index is 0.484. The standard InChI is InChI=1S/C10H9BrClNO/c1-7(6-13)14-10-3-2-8(5-11)4-9(10)12/h2-4,7H,5H2,1H3. The summed E-state index contributed by atoms with van der Waals surface area (Å²) in [6.07, 6.45) is -0.484. The van der Waals surface area contributed by atoms with Gasteiger partial charge in [0.1, 0.15) is 11.8 Å². The summed E-state index contributed by atoms with van der Waals surface area (Å²) in [5, 5.41) is 9.84. The van der Waals surface area contributed by atoms with Crippen LogP contribution in [0.15, 0.2) is 18.2 Å². The largest absolute Gasteiger partial charge is 0.474 e. The van der Waals surface area contributed by atoms with E-state index in [2.05, 4.69) is 15.9 Å². The monoisotopic (exact) mass is 273 g/mol. The van der Waals surface area contributed by atoms with Gasteiger partial charge in [-0.05, 0) is 24.6 Å². The zero-order valence-electron chi connectivity index (χ0n) is 7.63. The third-order valence-electron chi connectivity index (χ3n) is 1.64. The van der Waals surface area contributed by atoms with Crippen molar-refractivity contribution in [3.8, 4) is 11.8 Å². The average molecular weight is 275 g/mol. The maximum atomic E-state index is 8.56. The lowest BCUT2D eigenvalue weighted by molar-refractivity contribution is 0.276. The number of hydrogen-bond acceptors (Lipinski definition) is 2. The number of benzene rings is 1. The molecule has 0 spiro atoms. The van der Waals surface area contributed by atoms with Gasteiger partial charge in [0.2, 0.25) is 0 Å². The van der Waals surface area contributed by atoms with E-state index in [0.717, 1.165) is 10.9 Å². The highest BCUT2D eigenvalue weighted by molar-refractivity contribution is 9.08. The summed E-state index contributed by atoms with van der Waals surface area (Å²) in [4.78, 5) is 0. The molecule has 0 aliphatic carbocycles. The highest BCUT2D eigenvalue weighted by atomic mass is 79.9. The molecule has 1 aromatic rings. The molecule has 1 unspecified atom stereocenters. The molecule has 0 aromatic heterocycles. The third kappa shape index (κ3) is 2.90. The molecule has 1 aromatic carbocycles. The van der Waals surface area contributed by atoms with Crippen LogP contribution in [0.5, 0.6) is 5.75 Å². The van der Waals surface area contributed by atoms with Gasteiger partial charge >= 0.3 is 0 Å². The molecule has 0 saturated carbocycles. The fourth-order valence-electron chi connectivity index (χ4n) is 0.940. The molecule has 0 aliphatic rings. The molecule has 0 aliphatic heterocycles. The first-order valence-electron chi connectivity index (χ1n) is 4.08. The van der Waals surface area contributed by atoms with Crippen molar-refractivity contribution in [2.45, 2.75) is 18.4 Å². The average Bonchev–Trinajstić information content (AvgIpc) is 2.20. The summed E-state index contributed by atoms with van der Waals surface area (Å²) < 4.78 is 5.29. The normalized spacial score (nSPS) is 11.9. The van der Waals surface area contributed by atoms with Gasteiger partial charge in [-0.15, -0.1) is 0 Å². The number of ether oxygens (including phenoxy) is 1. The van der Waals surface area contributed by atoms with E-state index in [1.807, 2.05) is 18.2 Å². The van der Waals surface area contributed by atoms with Crippen LogP contribution in [-0.4, -0.2) is 6.10 Å². The Morgan fingerprint density at radius 1 is 1.64 bits per heavy atom. The number of hydrogen-bond donors (Lipinski definition) is 0. The van der Waals surface area contributed by atoms with Gasteiger partial charge in [0.25, 0.3) is 0 Å².